The molecule has 1 fully saturated rings. The van der Waals surface area contributed by atoms with Gasteiger partial charge in [0, 0.05) is 37.3 Å². The number of methoxy groups -OCH3 is 1. The highest BCUT2D eigenvalue weighted by Crippen LogP contribution is 2.40. The lowest BCUT2D eigenvalue weighted by Crippen LogP contribution is -2.47. The zero-order valence-electron chi connectivity index (χ0n) is 19.0. The topological polar surface area (TPSA) is 79.0 Å². The molecular formula is C25H29N5O3. The number of piperazine rings is 1. The van der Waals surface area contributed by atoms with Crippen molar-refractivity contribution in [3.63, 3.8) is 0 Å². The number of carbonyl (C=O) groups excluding carboxylic acids is 1. The Balaban J connectivity index is 1.25. The van der Waals surface area contributed by atoms with Crippen LogP contribution in [0.25, 0.3) is 10.9 Å². The summed E-state index contributed by atoms with van der Waals surface area (Å²) in [7, 11) is 3.78. The highest BCUT2D eigenvalue weighted by molar-refractivity contribution is 5.95. The molecule has 3 heterocycles. The van der Waals surface area contributed by atoms with Gasteiger partial charge in [-0.1, -0.05) is 6.07 Å². The van der Waals surface area contributed by atoms with E-state index in [0.29, 0.717) is 13.2 Å². The largest absolute Gasteiger partial charge is 0.496 e. The van der Waals surface area contributed by atoms with Gasteiger partial charge >= 0.3 is 0 Å². The molecule has 5 rings (SSSR count). The van der Waals surface area contributed by atoms with Crippen LogP contribution in [0.2, 0.25) is 0 Å². The van der Waals surface area contributed by atoms with Gasteiger partial charge in [-0.3, -0.25) is 9.69 Å². The summed E-state index contributed by atoms with van der Waals surface area (Å²) in [4.78, 5) is 21.7. The van der Waals surface area contributed by atoms with E-state index in [-0.39, 0.29) is 11.9 Å². The van der Waals surface area contributed by atoms with Crippen LogP contribution in [0.1, 0.15) is 11.6 Å². The number of carbonyl (C=O) groups is 1. The van der Waals surface area contributed by atoms with Gasteiger partial charge < -0.3 is 25.0 Å². The number of hydrogen-bond donors (Lipinski definition) is 2. The van der Waals surface area contributed by atoms with E-state index in [1.807, 2.05) is 48.5 Å². The highest BCUT2D eigenvalue weighted by Gasteiger charge is 2.28. The summed E-state index contributed by atoms with van der Waals surface area (Å²) in [5.41, 5.74) is 2.66. The number of aromatic nitrogens is 1. The molecule has 0 radical (unpaired) electrons. The van der Waals surface area contributed by atoms with Crippen molar-refractivity contribution in [3.8, 4) is 11.5 Å². The molecule has 1 aromatic heterocycles. The molecule has 1 saturated heterocycles. The number of rotatable bonds is 6. The maximum Gasteiger partial charge on any atom is 0.238 e. The monoisotopic (exact) mass is 447 g/mol. The van der Waals surface area contributed by atoms with Crippen LogP contribution < -0.4 is 20.1 Å². The molecule has 2 aliphatic rings. The van der Waals surface area contributed by atoms with E-state index < -0.39 is 0 Å². The third-order valence-electron chi connectivity index (χ3n) is 6.26. The molecule has 8 nitrogen and oxygen atoms in total. The Morgan fingerprint density at radius 3 is 2.82 bits per heavy atom. The predicted molar refractivity (Wildman–Crippen MR) is 129 cm³/mol. The van der Waals surface area contributed by atoms with E-state index in [1.165, 1.54) is 0 Å². The van der Waals surface area contributed by atoms with Crippen molar-refractivity contribution in [3.05, 3.63) is 54.1 Å². The number of ether oxygens (including phenoxy) is 2. The first-order valence-electron chi connectivity index (χ1n) is 11.3. The third-order valence-corrected chi connectivity index (χ3v) is 6.26. The van der Waals surface area contributed by atoms with Gasteiger partial charge in [-0.25, -0.2) is 4.98 Å². The number of fused-ring (bicyclic) bond motifs is 2. The van der Waals surface area contributed by atoms with Gasteiger partial charge in [0.25, 0.3) is 0 Å². The Hall–Kier alpha value is -3.36. The first-order valence-corrected chi connectivity index (χ1v) is 11.3. The molecule has 3 aromatic rings. The molecular weight excluding hydrogens is 418 g/mol. The van der Waals surface area contributed by atoms with Crippen molar-refractivity contribution in [2.45, 2.75) is 6.04 Å². The van der Waals surface area contributed by atoms with Gasteiger partial charge in [0.05, 0.1) is 30.8 Å². The summed E-state index contributed by atoms with van der Waals surface area (Å²) in [6.45, 7) is 4.77. The molecule has 172 valence electrons. The van der Waals surface area contributed by atoms with Crippen LogP contribution in [-0.4, -0.2) is 74.2 Å². The number of pyridine rings is 1. The SMILES string of the molecule is COc1cccc2c1C(Nc1ccc3cc(NC(=O)CN4CCN(C)CC4)ccc3n1)CO2. The fourth-order valence-corrected chi connectivity index (χ4v) is 4.41. The number of likely N-dealkylation sites (N-methyl/N-ethyl adjacent to an activating group) is 1. The van der Waals surface area contributed by atoms with E-state index in [0.717, 1.165) is 65.6 Å². The Bertz CT molecular complexity index is 1160. The zero-order valence-corrected chi connectivity index (χ0v) is 19.0. The molecule has 0 spiro atoms. The standard InChI is InChI=1S/C25H29N5O3/c1-29-10-12-30(13-11-29)15-24(31)26-18-7-8-19-17(14-18)6-9-23(27-19)28-20-16-33-22-5-3-4-21(32-2)25(20)22/h3-9,14,20H,10-13,15-16H2,1-2H3,(H,26,31)(H,27,28). The van der Waals surface area contributed by atoms with E-state index in [2.05, 4.69) is 27.5 Å². The van der Waals surface area contributed by atoms with Gasteiger partial charge in [-0.05, 0) is 49.5 Å². The minimum atomic E-state index is -0.0331. The minimum absolute atomic E-state index is 0.0130. The second kappa shape index (κ2) is 9.25. The first kappa shape index (κ1) is 21.5. The lowest BCUT2D eigenvalue weighted by atomic mass is 10.1. The lowest BCUT2D eigenvalue weighted by molar-refractivity contribution is -0.117. The third kappa shape index (κ3) is 4.72. The number of benzene rings is 2. The Morgan fingerprint density at radius 1 is 1.15 bits per heavy atom. The van der Waals surface area contributed by atoms with Crippen molar-refractivity contribution >= 4 is 28.3 Å². The number of nitrogens with one attached hydrogen (secondary N) is 2. The maximum atomic E-state index is 12.5. The fourth-order valence-electron chi connectivity index (χ4n) is 4.41. The second-order valence-electron chi connectivity index (χ2n) is 8.61. The highest BCUT2D eigenvalue weighted by atomic mass is 16.5. The smallest absolute Gasteiger partial charge is 0.238 e. The summed E-state index contributed by atoms with van der Waals surface area (Å²) < 4.78 is 11.3. The molecule has 33 heavy (non-hydrogen) atoms. The van der Waals surface area contributed by atoms with E-state index >= 15 is 0 Å². The van der Waals surface area contributed by atoms with Crippen molar-refractivity contribution in [1.82, 2.24) is 14.8 Å². The van der Waals surface area contributed by atoms with Gasteiger partial charge in [-0.15, -0.1) is 0 Å². The Kier molecular flexibility index (Phi) is 6.02. The molecule has 2 aliphatic heterocycles. The van der Waals surface area contributed by atoms with E-state index in [4.69, 9.17) is 14.5 Å². The van der Waals surface area contributed by atoms with E-state index in [1.54, 1.807) is 7.11 Å². The van der Waals surface area contributed by atoms with Crippen molar-refractivity contribution < 1.29 is 14.3 Å². The molecule has 1 atom stereocenters. The van der Waals surface area contributed by atoms with Crippen LogP contribution in [0.15, 0.2) is 48.5 Å². The quantitative estimate of drug-likeness (QED) is 0.601. The zero-order chi connectivity index (χ0) is 22.8. The van der Waals surface area contributed by atoms with Crippen LogP contribution in [0, 0.1) is 0 Å². The number of anilines is 2. The second-order valence-corrected chi connectivity index (χ2v) is 8.61. The van der Waals surface area contributed by atoms with Crippen LogP contribution in [0.4, 0.5) is 11.5 Å². The summed E-state index contributed by atoms with van der Waals surface area (Å²) in [6.07, 6.45) is 0. The van der Waals surface area contributed by atoms with Crippen molar-refractivity contribution in [2.75, 3.05) is 64.1 Å². The molecule has 0 saturated carbocycles. The Morgan fingerprint density at radius 2 is 2.00 bits per heavy atom. The maximum absolute atomic E-state index is 12.5. The lowest BCUT2D eigenvalue weighted by Gasteiger charge is -2.31. The van der Waals surface area contributed by atoms with Crippen LogP contribution in [0.5, 0.6) is 11.5 Å². The number of nitrogens with zero attached hydrogens (tertiary/aromatic N) is 3. The summed E-state index contributed by atoms with van der Waals surface area (Å²) in [6, 6.07) is 15.5. The van der Waals surface area contributed by atoms with Crippen molar-refractivity contribution in [1.29, 1.82) is 0 Å². The molecule has 8 heteroatoms. The van der Waals surface area contributed by atoms with Crippen molar-refractivity contribution in [2.24, 2.45) is 0 Å². The molecule has 2 N–H and O–H groups in total. The summed E-state index contributed by atoms with van der Waals surface area (Å²) >= 11 is 0. The minimum Gasteiger partial charge on any atom is -0.496 e. The van der Waals surface area contributed by atoms with Crippen LogP contribution >= 0.6 is 0 Å². The molecule has 0 aliphatic carbocycles. The molecule has 0 bridgehead atoms. The molecule has 1 unspecified atom stereocenters. The average Bonchev–Trinajstić information content (AvgIpc) is 3.23. The number of amides is 1. The Labute approximate surface area is 193 Å². The number of hydrogen-bond acceptors (Lipinski definition) is 7. The van der Waals surface area contributed by atoms with Gasteiger partial charge in [-0.2, -0.15) is 0 Å². The molecule has 1 amide bonds. The van der Waals surface area contributed by atoms with Gasteiger partial charge in [0.1, 0.15) is 23.9 Å². The van der Waals surface area contributed by atoms with Gasteiger partial charge in [0.2, 0.25) is 5.91 Å². The fraction of sp³-hybridized carbons (Fsp3) is 0.360. The average molecular weight is 448 g/mol. The van der Waals surface area contributed by atoms with Crippen LogP contribution in [0.3, 0.4) is 0 Å². The first-order chi connectivity index (χ1) is 16.1. The van der Waals surface area contributed by atoms with Gasteiger partial charge in [0.15, 0.2) is 0 Å². The van der Waals surface area contributed by atoms with E-state index in [9.17, 15) is 4.79 Å². The summed E-state index contributed by atoms with van der Waals surface area (Å²) in [5.74, 6) is 2.42. The van der Waals surface area contributed by atoms with Crippen LogP contribution in [-0.2, 0) is 4.79 Å². The normalized spacial score (nSPS) is 18.5. The predicted octanol–water partition coefficient (Wildman–Crippen LogP) is 2.97. The molecule has 2 aromatic carbocycles. The summed E-state index contributed by atoms with van der Waals surface area (Å²) in [5, 5.41) is 7.46.